The number of allylic oxidation sites excluding steroid dienone is 14. The fraction of sp³-hybridized carbons (Fsp3) is 0.660. The summed E-state index contributed by atoms with van der Waals surface area (Å²) in [5.74, 6) is -0.924. The van der Waals surface area contributed by atoms with Gasteiger partial charge in [0, 0.05) is 12.8 Å². The van der Waals surface area contributed by atoms with Crippen molar-refractivity contribution in [2.75, 3.05) is 19.8 Å². The van der Waals surface area contributed by atoms with Crippen LogP contribution in [0.2, 0.25) is 0 Å². The van der Waals surface area contributed by atoms with Gasteiger partial charge in [-0.05, 0) is 77.0 Å². The third-order valence-corrected chi connectivity index (χ3v) is 9.28. The normalized spacial score (nSPS) is 21.1. The van der Waals surface area contributed by atoms with E-state index in [2.05, 4.69) is 86.8 Å². The van der Waals surface area contributed by atoms with Crippen molar-refractivity contribution in [1.29, 1.82) is 0 Å². The van der Waals surface area contributed by atoms with Gasteiger partial charge in [0.25, 0.3) is 0 Å². The number of rotatable bonds is 34. The molecule has 1 heterocycles. The van der Waals surface area contributed by atoms with Crippen LogP contribution in [0.4, 0.5) is 0 Å². The van der Waals surface area contributed by atoms with Gasteiger partial charge in [-0.25, -0.2) is 0 Å². The van der Waals surface area contributed by atoms with Crippen LogP contribution in [0.15, 0.2) is 85.1 Å². The first-order valence-electron chi connectivity index (χ1n) is 21.7. The fourth-order valence-electron chi connectivity index (χ4n) is 5.85. The molecule has 4 N–H and O–H groups in total. The third-order valence-electron chi connectivity index (χ3n) is 9.28. The maximum absolute atomic E-state index is 12.7. The van der Waals surface area contributed by atoms with E-state index in [1.165, 1.54) is 25.7 Å². The molecule has 0 aromatic carbocycles. The third kappa shape index (κ3) is 28.9. The Labute approximate surface area is 344 Å². The summed E-state index contributed by atoms with van der Waals surface area (Å²) in [7, 11) is 0. The standard InChI is InChI=1S/C47H76O10/c1-3-5-7-9-11-13-15-17-18-19-20-21-22-24-25-27-29-31-33-35-42(49)54-38-40(39-55-47-46(53)45(52)44(51)41(37-48)57-47)56-43(50)36-34-32-30-28-26-23-16-14-12-10-8-6-4-2/h5,7,11,13-14,16-18,20-21,24-25,29,31,40-41,44-48,51-53H,3-4,6,8-10,12,15,19,22-23,26-28,30,32-39H2,1-2H3/b7-5+,13-11+,16-14+,18-17+,21-20+,25-24+,31-29+/t40-,41-,44+,45?,46?,47-/m0/s1. The van der Waals surface area contributed by atoms with E-state index in [4.69, 9.17) is 18.9 Å². The molecule has 0 radical (unpaired) electrons. The Morgan fingerprint density at radius 2 is 1.07 bits per heavy atom. The molecule has 324 valence electrons. The lowest BCUT2D eigenvalue weighted by Crippen LogP contribution is -2.59. The number of carbonyl (C=O) groups excluding carboxylic acids is 2. The molecule has 6 atom stereocenters. The van der Waals surface area contributed by atoms with E-state index < -0.39 is 55.4 Å². The molecule has 1 rings (SSSR count). The van der Waals surface area contributed by atoms with E-state index in [0.29, 0.717) is 12.8 Å². The highest BCUT2D eigenvalue weighted by atomic mass is 16.7. The molecule has 10 heteroatoms. The van der Waals surface area contributed by atoms with Crippen molar-refractivity contribution >= 4 is 11.9 Å². The lowest BCUT2D eigenvalue weighted by Gasteiger charge is -2.39. The summed E-state index contributed by atoms with van der Waals surface area (Å²) in [6.07, 6.45) is 40.3. The summed E-state index contributed by atoms with van der Waals surface area (Å²) in [6.45, 7) is 3.18. The minimum Gasteiger partial charge on any atom is -0.462 e. The van der Waals surface area contributed by atoms with E-state index in [-0.39, 0.29) is 26.1 Å². The molecule has 0 aromatic rings. The van der Waals surface area contributed by atoms with Crippen molar-refractivity contribution in [3.05, 3.63) is 85.1 Å². The highest BCUT2D eigenvalue weighted by Crippen LogP contribution is 2.22. The van der Waals surface area contributed by atoms with Crippen LogP contribution in [-0.2, 0) is 28.5 Å². The first-order chi connectivity index (χ1) is 27.8. The summed E-state index contributed by atoms with van der Waals surface area (Å²) in [5.41, 5.74) is 0. The maximum atomic E-state index is 12.7. The molecule has 10 nitrogen and oxygen atoms in total. The Kier molecular flexibility index (Phi) is 33.8. The Morgan fingerprint density at radius 3 is 1.63 bits per heavy atom. The molecule has 2 unspecified atom stereocenters. The van der Waals surface area contributed by atoms with E-state index >= 15 is 0 Å². The predicted octanol–water partition coefficient (Wildman–Crippen LogP) is 8.99. The fourth-order valence-corrected chi connectivity index (χ4v) is 5.85. The second-order valence-corrected chi connectivity index (χ2v) is 14.4. The smallest absolute Gasteiger partial charge is 0.306 e. The molecule has 0 spiro atoms. The molecular weight excluding hydrogens is 725 g/mol. The summed E-state index contributed by atoms with van der Waals surface area (Å²) >= 11 is 0. The van der Waals surface area contributed by atoms with Crippen molar-refractivity contribution in [3.8, 4) is 0 Å². The largest absolute Gasteiger partial charge is 0.462 e. The van der Waals surface area contributed by atoms with Crippen LogP contribution in [-0.4, -0.2) is 89.0 Å². The van der Waals surface area contributed by atoms with E-state index in [1.807, 2.05) is 12.2 Å². The van der Waals surface area contributed by atoms with Crippen molar-refractivity contribution in [2.45, 2.75) is 179 Å². The lowest BCUT2D eigenvalue weighted by atomic mass is 9.99. The van der Waals surface area contributed by atoms with Gasteiger partial charge in [0.2, 0.25) is 0 Å². The van der Waals surface area contributed by atoms with Crippen LogP contribution in [0, 0.1) is 0 Å². The summed E-state index contributed by atoms with van der Waals surface area (Å²) in [4.78, 5) is 25.2. The number of carbonyl (C=O) groups is 2. The van der Waals surface area contributed by atoms with Crippen LogP contribution in [0.1, 0.15) is 142 Å². The molecule has 0 amide bonds. The summed E-state index contributed by atoms with van der Waals surface area (Å²) in [5, 5.41) is 40.0. The number of aliphatic hydroxyl groups is 4. The van der Waals surface area contributed by atoms with Crippen molar-refractivity contribution in [1.82, 2.24) is 0 Å². The Balaban J connectivity index is 2.41. The molecule has 1 aliphatic rings. The van der Waals surface area contributed by atoms with Crippen LogP contribution < -0.4 is 0 Å². The average Bonchev–Trinajstić information content (AvgIpc) is 3.21. The molecule has 0 saturated carbocycles. The molecule has 1 aliphatic heterocycles. The van der Waals surface area contributed by atoms with Crippen molar-refractivity contribution < 1.29 is 49.0 Å². The van der Waals surface area contributed by atoms with Gasteiger partial charge < -0.3 is 39.4 Å². The van der Waals surface area contributed by atoms with Crippen LogP contribution in [0.25, 0.3) is 0 Å². The van der Waals surface area contributed by atoms with Gasteiger partial charge in [0.15, 0.2) is 12.4 Å². The number of unbranched alkanes of at least 4 members (excludes halogenated alkanes) is 9. The average molecular weight is 801 g/mol. The topological polar surface area (TPSA) is 152 Å². The number of esters is 2. The molecular formula is C47H76O10. The zero-order valence-electron chi connectivity index (χ0n) is 35.0. The highest BCUT2D eigenvalue weighted by Gasteiger charge is 2.44. The summed E-state index contributed by atoms with van der Waals surface area (Å²) in [6, 6.07) is 0. The van der Waals surface area contributed by atoms with Crippen LogP contribution >= 0.6 is 0 Å². The van der Waals surface area contributed by atoms with Gasteiger partial charge in [-0.3, -0.25) is 9.59 Å². The lowest BCUT2D eigenvalue weighted by molar-refractivity contribution is -0.305. The molecule has 1 fully saturated rings. The second kappa shape index (κ2) is 37.2. The van der Waals surface area contributed by atoms with Gasteiger partial charge in [0.05, 0.1) is 13.2 Å². The zero-order chi connectivity index (χ0) is 41.6. The molecule has 0 bridgehead atoms. The van der Waals surface area contributed by atoms with Gasteiger partial charge in [-0.2, -0.15) is 0 Å². The SMILES string of the molecule is CC/C=C/C/C=C/C/C=C/C/C=C/C/C=C/C/C=C/CCC(=O)OC[C@@H](CO[C@H]1O[C@@H](CO)[C@@H](O)C(O)C1O)OC(=O)CCCCCCC/C=C/CCCCCC. The van der Waals surface area contributed by atoms with Gasteiger partial charge >= 0.3 is 11.9 Å². The van der Waals surface area contributed by atoms with Crippen LogP contribution in [0.5, 0.6) is 0 Å². The number of aliphatic hydroxyl groups excluding tert-OH is 4. The van der Waals surface area contributed by atoms with Crippen molar-refractivity contribution in [3.63, 3.8) is 0 Å². The van der Waals surface area contributed by atoms with Gasteiger partial charge in [-0.15, -0.1) is 0 Å². The molecule has 0 aliphatic carbocycles. The Morgan fingerprint density at radius 1 is 0.561 bits per heavy atom. The van der Waals surface area contributed by atoms with Gasteiger partial charge in [0.1, 0.15) is 31.0 Å². The number of hydrogen-bond acceptors (Lipinski definition) is 10. The Bertz CT molecular complexity index is 1200. The van der Waals surface area contributed by atoms with Crippen LogP contribution in [0.3, 0.4) is 0 Å². The first kappa shape index (κ1) is 51.9. The van der Waals surface area contributed by atoms with Crippen molar-refractivity contribution in [2.24, 2.45) is 0 Å². The zero-order valence-corrected chi connectivity index (χ0v) is 35.0. The first-order valence-corrected chi connectivity index (χ1v) is 21.7. The maximum Gasteiger partial charge on any atom is 0.306 e. The predicted molar refractivity (Wildman–Crippen MR) is 228 cm³/mol. The van der Waals surface area contributed by atoms with Gasteiger partial charge in [-0.1, -0.05) is 137 Å². The number of hydrogen-bond donors (Lipinski definition) is 4. The van der Waals surface area contributed by atoms with E-state index in [0.717, 1.165) is 77.0 Å². The minimum absolute atomic E-state index is 0.144. The molecule has 1 saturated heterocycles. The monoisotopic (exact) mass is 801 g/mol. The second-order valence-electron chi connectivity index (χ2n) is 14.4. The summed E-state index contributed by atoms with van der Waals surface area (Å²) < 4.78 is 22.0. The minimum atomic E-state index is -1.61. The quantitative estimate of drug-likeness (QED) is 0.0282. The highest BCUT2D eigenvalue weighted by molar-refractivity contribution is 5.70. The number of ether oxygens (including phenoxy) is 4. The van der Waals surface area contributed by atoms with E-state index in [1.54, 1.807) is 0 Å². The van der Waals surface area contributed by atoms with E-state index in [9.17, 15) is 30.0 Å². The molecule has 57 heavy (non-hydrogen) atoms. The molecule has 0 aromatic heterocycles. The Hall–Kier alpha value is -3.12.